The molecular weight excluding hydrogens is 380 g/mol. The quantitative estimate of drug-likeness (QED) is 0.277. The van der Waals surface area contributed by atoms with Crippen molar-refractivity contribution in [1.82, 2.24) is 0 Å². The number of hydrogen-bond acceptors (Lipinski definition) is 4. The minimum absolute atomic E-state index is 0.0711. The summed E-state index contributed by atoms with van der Waals surface area (Å²) in [4.78, 5) is 22.8. The Bertz CT molecular complexity index is 605. The number of aliphatic hydroxyl groups is 2. The van der Waals surface area contributed by atoms with E-state index in [4.69, 9.17) is 5.11 Å². The molecule has 2 rings (SSSR count). The van der Waals surface area contributed by atoms with Gasteiger partial charge in [-0.3, -0.25) is 9.59 Å². The van der Waals surface area contributed by atoms with Crippen LogP contribution in [0.3, 0.4) is 0 Å². The Labute approximate surface area is 181 Å². The molecule has 2 saturated carbocycles. The number of rotatable bonds is 14. The number of carbonyl (C=O) groups excluding carboxylic acids is 1. The first-order chi connectivity index (χ1) is 14.4. The van der Waals surface area contributed by atoms with Gasteiger partial charge in [0.15, 0.2) is 0 Å². The molecule has 5 heteroatoms. The van der Waals surface area contributed by atoms with Crippen LogP contribution in [0, 0.1) is 17.3 Å². The van der Waals surface area contributed by atoms with Gasteiger partial charge in [-0.05, 0) is 50.4 Å². The molecule has 3 N–H and O–H groups in total. The van der Waals surface area contributed by atoms with Gasteiger partial charge in [0.1, 0.15) is 5.78 Å². The predicted octanol–water partition coefficient (Wildman–Crippen LogP) is 4.81. The van der Waals surface area contributed by atoms with Crippen LogP contribution in [-0.2, 0) is 9.59 Å². The minimum atomic E-state index is -0.793. The molecular formula is C25H40O5. The summed E-state index contributed by atoms with van der Waals surface area (Å²) in [5.41, 5.74) is 0.0711. The summed E-state index contributed by atoms with van der Waals surface area (Å²) in [6.45, 7) is 2.20. The fourth-order valence-corrected chi connectivity index (χ4v) is 4.98. The number of unbranched alkanes of at least 4 members (excludes halogenated alkanes) is 3. The lowest BCUT2D eigenvalue weighted by Crippen LogP contribution is -2.41. The monoisotopic (exact) mass is 420 g/mol. The van der Waals surface area contributed by atoms with Crippen LogP contribution in [0.5, 0.6) is 0 Å². The van der Waals surface area contributed by atoms with Gasteiger partial charge in [0, 0.05) is 24.7 Å². The number of Topliss-reactive ketones (excluding diaryl/α,β-unsaturated/α-hetero) is 1. The highest BCUT2D eigenvalue weighted by Gasteiger charge is 2.42. The molecule has 2 aliphatic carbocycles. The molecule has 0 bridgehead atoms. The van der Waals surface area contributed by atoms with Gasteiger partial charge in [0.25, 0.3) is 0 Å². The smallest absolute Gasteiger partial charge is 0.303 e. The number of aliphatic hydroxyl groups excluding tert-OH is 2. The zero-order valence-corrected chi connectivity index (χ0v) is 18.5. The van der Waals surface area contributed by atoms with E-state index < -0.39 is 12.1 Å². The standard InChI is InChI=1S/C25H40O5/c1-2-3-8-15-25(16-10-17-25)23(28)13-9-12-20-19(21(26)18-22(20)27)11-6-4-5-7-14-24(29)30/h4,6,9,12,19-20,22-23,27-28H,2-3,5,7-8,10-11,13-18H2,1H3,(H,29,30)/b6-4-,12-9+/t19-,20-,22-,23?/m1/s1. The summed E-state index contributed by atoms with van der Waals surface area (Å²) in [6, 6.07) is 0. The van der Waals surface area contributed by atoms with Crippen molar-refractivity contribution in [2.45, 2.75) is 103 Å². The minimum Gasteiger partial charge on any atom is -0.481 e. The summed E-state index contributed by atoms with van der Waals surface area (Å²) in [6.07, 6.45) is 17.6. The SMILES string of the molecule is CCCCCC1(C(O)C/C=C/[C@H]2[C@H](O)CC(=O)[C@@H]2C/C=C\CCCC(=O)O)CCC1. The lowest BCUT2D eigenvalue weighted by molar-refractivity contribution is -0.137. The number of carboxylic acids is 1. The number of ketones is 1. The summed E-state index contributed by atoms with van der Waals surface area (Å²) in [7, 11) is 0. The van der Waals surface area contributed by atoms with Gasteiger partial charge >= 0.3 is 5.97 Å². The van der Waals surface area contributed by atoms with Crippen molar-refractivity contribution in [3.63, 3.8) is 0 Å². The molecule has 2 aliphatic rings. The third-order valence-corrected chi connectivity index (χ3v) is 7.10. The Morgan fingerprint density at radius 3 is 2.60 bits per heavy atom. The van der Waals surface area contributed by atoms with Crippen molar-refractivity contribution < 1.29 is 24.9 Å². The molecule has 2 fully saturated rings. The van der Waals surface area contributed by atoms with Gasteiger partial charge in [-0.2, -0.15) is 0 Å². The van der Waals surface area contributed by atoms with Gasteiger partial charge in [-0.25, -0.2) is 0 Å². The zero-order chi connectivity index (χ0) is 22.0. The molecule has 4 atom stereocenters. The van der Waals surface area contributed by atoms with Crippen molar-refractivity contribution >= 4 is 11.8 Å². The van der Waals surface area contributed by atoms with Crippen molar-refractivity contribution in [3.05, 3.63) is 24.3 Å². The molecule has 0 amide bonds. The van der Waals surface area contributed by atoms with E-state index >= 15 is 0 Å². The number of carboxylic acid groups (broad SMARTS) is 1. The van der Waals surface area contributed by atoms with Gasteiger partial charge in [-0.15, -0.1) is 0 Å². The summed E-state index contributed by atoms with van der Waals surface area (Å²) in [5.74, 6) is -1.14. The molecule has 0 aliphatic heterocycles. The molecule has 0 saturated heterocycles. The fourth-order valence-electron chi connectivity index (χ4n) is 4.98. The molecule has 30 heavy (non-hydrogen) atoms. The molecule has 0 aromatic rings. The van der Waals surface area contributed by atoms with Crippen LogP contribution in [0.25, 0.3) is 0 Å². The maximum Gasteiger partial charge on any atom is 0.303 e. The lowest BCUT2D eigenvalue weighted by Gasteiger charge is -2.46. The van der Waals surface area contributed by atoms with E-state index in [0.717, 1.165) is 19.3 Å². The fraction of sp³-hybridized carbons (Fsp3) is 0.760. The van der Waals surface area contributed by atoms with E-state index in [0.29, 0.717) is 25.7 Å². The summed E-state index contributed by atoms with van der Waals surface area (Å²) >= 11 is 0. The largest absolute Gasteiger partial charge is 0.481 e. The molecule has 0 aromatic carbocycles. The van der Waals surface area contributed by atoms with Gasteiger partial charge in [0.2, 0.25) is 0 Å². The average Bonchev–Trinajstić information content (AvgIpc) is 2.93. The topological polar surface area (TPSA) is 94.8 Å². The Kier molecular flexibility index (Phi) is 10.3. The van der Waals surface area contributed by atoms with Crippen LogP contribution in [0.15, 0.2) is 24.3 Å². The Balaban J connectivity index is 1.84. The highest BCUT2D eigenvalue weighted by atomic mass is 16.4. The van der Waals surface area contributed by atoms with E-state index in [2.05, 4.69) is 6.92 Å². The van der Waals surface area contributed by atoms with Gasteiger partial charge in [0.05, 0.1) is 12.2 Å². The molecule has 0 spiro atoms. The summed E-state index contributed by atoms with van der Waals surface area (Å²) < 4.78 is 0. The molecule has 0 radical (unpaired) electrons. The molecule has 0 heterocycles. The van der Waals surface area contributed by atoms with E-state index in [1.54, 1.807) is 0 Å². The maximum absolute atomic E-state index is 12.3. The first-order valence-electron chi connectivity index (χ1n) is 11.8. The van der Waals surface area contributed by atoms with E-state index in [1.807, 2.05) is 24.3 Å². The van der Waals surface area contributed by atoms with Crippen molar-refractivity contribution in [2.75, 3.05) is 0 Å². The second-order valence-corrected chi connectivity index (χ2v) is 9.27. The zero-order valence-electron chi connectivity index (χ0n) is 18.5. The van der Waals surface area contributed by atoms with Gasteiger partial charge < -0.3 is 15.3 Å². The normalized spacial score (nSPS) is 27.0. The predicted molar refractivity (Wildman–Crippen MR) is 118 cm³/mol. The molecule has 0 aromatic heterocycles. The van der Waals surface area contributed by atoms with Crippen LogP contribution in [0.2, 0.25) is 0 Å². The molecule has 1 unspecified atom stereocenters. The van der Waals surface area contributed by atoms with Crippen LogP contribution >= 0.6 is 0 Å². The molecule has 5 nitrogen and oxygen atoms in total. The Hall–Kier alpha value is -1.46. The van der Waals surface area contributed by atoms with Crippen molar-refractivity contribution in [2.24, 2.45) is 17.3 Å². The summed E-state index contributed by atoms with van der Waals surface area (Å²) in [5, 5.41) is 29.8. The number of aliphatic carboxylic acids is 1. The third-order valence-electron chi connectivity index (χ3n) is 7.10. The Morgan fingerprint density at radius 2 is 1.97 bits per heavy atom. The maximum atomic E-state index is 12.3. The van der Waals surface area contributed by atoms with Crippen LogP contribution in [0.1, 0.15) is 90.4 Å². The third kappa shape index (κ3) is 7.05. The first kappa shape index (κ1) is 24.8. The highest BCUT2D eigenvalue weighted by molar-refractivity contribution is 5.84. The second kappa shape index (κ2) is 12.4. The van der Waals surface area contributed by atoms with E-state index in [9.17, 15) is 19.8 Å². The van der Waals surface area contributed by atoms with E-state index in [1.165, 1.54) is 25.7 Å². The lowest BCUT2D eigenvalue weighted by atomic mass is 9.61. The number of hydrogen-bond donors (Lipinski definition) is 3. The van der Waals surface area contributed by atoms with Gasteiger partial charge in [-0.1, -0.05) is 56.9 Å². The average molecular weight is 421 g/mol. The molecule has 170 valence electrons. The second-order valence-electron chi connectivity index (χ2n) is 9.27. The van der Waals surface area contributed by atoms with Crippen molar-refractivity contribution in [3.8, 4) is 0 Å². The van der Waals surface area contributed by atoms with Crippen LogP contribution in [-0.4, -0.2) is 39.3 Å². The first-order valence-corrected chi connectivity index (χ1v) is 11.8. The number of carbonyl (C=O) groups is 2. The van der Waals surface area contributed by atoms with Crippen LogP contribution < -0.4 is 0 Å². The number of allylic oxidation sites excluding steroid dienone is 2. The van der Waals surface area contributed by atoms with Crippen LogP contribution in [0.4, 0.5) is 0 Å². The Morgan fingerprint density at radius 1 is 1.20 bits per heavy atom. The van der Waals surface area contributed by atoms with E-state index in [-0.39, 0.29) is 42.0 Å². The highest BCUT2D eigenvalue weighted by Crippen LogP contribution is 2.49. The van der Waals surface area contributed by atoms with Crippen molar-refractivity contribution in [1.29, 1.82) is 0 Å².